The maximum atomic E-state index is 13.2. The van der Waals surface area contributed by atoms with E-state index in [0.29, 0.717) is 10.5 Å². The van der Waals surface area contributed by atoms with Crippen LogP contribution >= 0.6 is 11.8 Å². The van der Waals surface area contributed by atoms with E-state index in [2.05, 4.69) is 0 Å². The number of hydrogen-bond acceptors (Lipinski definition) is 3. The molecule has 0 unspecified atom stereocenters. The molecule has 132 valence electrons. The Morgan fingerprint density at radius 1 is 0.667 bits per heavy atom. The fourth-order valence-corrected chi connectivity index (χ4v) is 4.06. The highest BCUT2D eigenvalue weighted by Crippen LogP contribution is 2.40. The molecular weight excluding hydrogens is 354 g/mol. The molecule has 1 aliphatic heterocycles. The maximum Gasteiger partial charge on any atom is 0.268 e. The monoisotopic (exact) mass is 371 g/mol. The molecule has 3 nitrogen and oxygen atoms in total. The molecule has 3 aromatic rings. The highest BCUT2D eigenvalue weighted by Gasteiger charge is 2.39. The number of carbonyl (C=O) groups excluding carboxylic acids is 2. The van der Waals surface area contributed by atoms with Crippen LogP contribution in [-0.4, -0.2) is 16.7 Å². The van der Waals surface area contributed by atoms with Crippen LogP contribution in [0.5, 0.6) is 0 Å². The Bertz CT molecular complexity index is 998. The van der Waals surface area contributed by atoms with Gasteiger partial charge >= 0.3 is 0 Å². The summed E-state index contributed by atoms with van der Waals surface area (Å²) in [5, 5.41) is 0. The SMILES string of the molecule is O=C1C(Sc2ccccc2)=C(c2ccccc2)C(=O)N1Cc1ccccc1. The molecule has 4 rings (SSSR count). The van der Waals surface area contributed by atoms with Gasteiger partial charge in [-0.2, -0.15) is 0 Å². The number of imide groups is 1. The van der Waals surface area contributed by atoms with E-state index < -0.39 is 0 Å². The lowest BCUT2D eigenvalue weighted by Gasteiger charge is -2.15. The molecule has 0 N–H and O–H groups in total. The third-order valence-corrected chi connectivity index (χ3v) is 5.43. The van der Waals surface area contributed by atoms with Gasteiger partial charge in [0.25, 0.3) is 11.8 Å². The summed E-state index contributed by atoms with van der Waals surface area (Å²) in [5.74, 6) is -0.481. The first-order valence-electron chi connectivity index (χ1n) is 8.67. The topological polar surface area (TPSA) is 37.4 Å². The van der Waals surface area contributed by atoms with Gasteiger partial charge in [0.15, 0.2) is 0 Å². The first-order chi connectivity index (χ1) is 13.2. The van der Waals surface area contributed by atoms with Gasteiger partial charge in [-0.05, 0) is 23.3 Å². The minimum absolute atomic E-state index is 0.239. The summed E-state index contributed by atoms with van der Waals surface area (Å²) in [4.78, 5) is 29.0. The van der Waals surface area contributed by atoms with Crippen molar-refractivity contribution >= 4 is 29.1 Å². The zero-order valence-corrected chi connectivity index (χ0v) is 15.4. The van der Waals surface area contributed by atoms with E-state index in [1.165, 1.54) is 16.7 Å². The van der Waals surface area contributed by atoms with Crippen molar-refractivity contribution < 1.29 is 9.59 Å². The van der Waals surface area contributed by atoms with E-state index in [1.54, 1.807) is 0 Å². The Labute approximate surface area is 162 Å². The molecule has 0 fully saturated rings. The lowest BCUT2D eigenvalue weighted by molar-refractivity contribution is -0.137. The molecule has 1 aliphatic rings. The van der Waals surface area contributed by atoms with Crippen LogP contribution < -0.4 is 0 Å². The summed E-state index contributed by atoms with van der Waals surface area (Å²) in [6.45, 7) is 0.272. The zero-order valence-electron chi connectivity index (χ0n) is 14.5. The van der Waals surface area contributed by atoms with Crippen LogP contribution in [0, 0.1) is 0 Å². The van der Waals surface area contributed by atoms with E-state index >= 15 is 0 Å². The zero-order chi connectivity index (χ0) is 18.6. The van der Waals surface area contributed by atoms with E-state index in [1.807, 2.05) is 91.0 Å². The smallest absolute Gasteiger partial charge is 0.268 e. The van der Waals surface area contributed by atoms with Gasteiger partial charge in [-0.3, -0.25) is 14.5 Å². The van der Waals surface area contributed by atoms with Crippen LogP contribution in [0.4, 0.5) is 0 Å². The number of benzene rings is 3. The van der Waals surface area contributed by atoms with Gasteiger partial charge < -0.3 is 0 Å². The molecule has 1 heterocycles. The Kier molecular flexibility index (Phi) is 4.90. The summed E-state index contributed by atoms with van der Waals surface area (Å²) in [7, 11) is 0. The van der Waals surface area contributed by atoms with E-state index in [-0.39, 0.29) is 18.4 Å². The molecule has 2 amide bonds. The molecule has 3 aromatic carbocycles. The van der Waals surface area contributed by atoms with Gasteiger partial charge in [0, 0.05) is 4.90 Å². The van der Waals surface area contributed by atoms with Crippen LogP contribution in [-0.2, 0) is 16.1 Å². The molecule has 0 saturated carbocycles. The van der Waals surface area contributed by atoms with Crippen molar-refractivity contribution in [3.8, 4) is 0 Å². The fourth-order valence-electron chi connectivity index (χ4n) is 3.02. The number of thioether (sulfide) groups is 1. The minimum Gasteiger partial charge on any atom is -0.269 e. The Balaban J connectivity index is 1.73. The van der Waals surface area contributed by atoms with E-state index in [4.69, 9.17) is 0 Å². The fraction of sp³-hybridized carbons (Fsp3) is 0.0435. The van der Waals surface area contributed by atoms with Crippen LogP contribution in [0.25, 0.3) is 5.57 Å². The van der Waals surface area contributed by atoms with Crippen LogP contribution in [0.15, 0.2) is 101 Å². The molecular formula is C23H17NO2S. The predicted octanol–water partition coefficient (Wildman–Crippen LogP) is 4.76. The summed E-state index contributed by atoms with van der Waals surface area (Å²) in [5.41, 5.74) is 2.17. The van der Waals surface area contributed by atoms with E-state index in [9.17, 15) is 9.59 Å². The average Bonchev–Trinajstić information content (AvgIpc) is 2.94. The van der Waals surface area contributed by atoms with Gasteiger partial charge in [0.05, 0.1) is 17.0 Å². The molecule has 27 heavy (non-hydrogen) atoms. The van der Waals surface area contributed by atoms with Gasteiger partial charge in [-0.1, -0.05) is 90.6 Å². The maximum absolute atomic E-state index is 13.2. The molecule has 0 bridgehead atoms. The van der Waals surface area contributed by atoms with Crippen LogP contribution in [0.1, 0.15) is 11.1 Å². The molecule has 4 heteroatoms. The van der Waals surface area contributed by atoms with Gasteiger partial charge in [-0.15, -0.1) is 0 Å². The lowest BCUT2D eigenvalue weighted by atomic mass is 10.1. The number of nitrogens with zero attached hydrogens (tertiary/aromatic N) is 1. The Morgan fingerprint density at radius 2 is 1.22 bits per heavy atom. The van der Waals surface area contributed by atoms with Gasteiger partial charge in [-0.25, -0.2) is 0 Å². The number of carbonyl (C=O) groups is 2. The van der Waals surface area contributed by atoms with Crippen molar-refractivity contribution in [2.75, 3.05) is 0 Å². The first-order valence-corrected chi connectivity index (χ1v) is 9.48. The summed E-state index contributed by atoms with van der Waals surface area (Å²) in [6, 6.07) is 28.6. The largest absolute Gasteiger partial charge is 0.269 e. The van der Waals surface area contributed by atoms with Gasteiger partial charge in [0.2, 0.25) is 0 Å². The number of hydrogen-bond donors (Lipinski definition) is 0. The highest BCUT2D eigenvalue weighted by molar-refractivity contribution is 8.04. The molecule has 0 atom stereocenters. The second-order valence-electron chi connectivity index (χ2n) is 6.17. The third kappa shape index (κ3) is 3.57. The number of amides is 2. The first kappa shape index (κ1) is 17.3. The Hall–Kier alpha value is -3.11. The second kappa shape index (κ2) is 7.64. The van der Waals surface area contributed by atoms with Crippen molar-refractivity contribution in [2.45, 2.75) is 11.4 Å². The summed E-state index contributed by atoms with van der Waals surface area (Å²) < 4.78 is 0. The minimum atomic E-state index is -0.242. The lowest BCUT2D eigenvalue weighted by Crippen LogP contribution is -2.30. The van der Waals surface area contributed by atoms with Crippen molar-refractivity contribution in [1.29, 1.82) is 0 Å². The normalized spacial score (nSPS) is 14.1. The van der Waals surface area contributed by atoms with E-state index in [0.717, 1.165) is 16.0 Å². The van der Waals surface area contributed by atoms with Crippen LogP contribution in [0.3, 0.4) is 0 Å². The van der Waals surface area contributed by atoms with Crippen LogP contribution in [0.2, 0.25) is 0 Å². The molecule has 0 spiro atoms. The number of rotatable bonds is 5. The predicted molar refractivity (Wildman–Crippen MR) is 108 cm³/mol. The molecule has 0 aliphatic carbocycles. The molecule has 0 aromatic heterocycles. The average molecular weight is 371 g/mol. The van der Waals surface area contributed by atoms with Crippen molar-refractivity contribution in [2.24, 2.45) is 0 Å². The van der Waals surface area contributed by atoms with Gasteiger partial charge in [0.1, 0.15) is 0 Å². The van der Waals surface area contributed by atoms with Crippen molar-refractivity contribution in [3.63, 3.8) is 0 Å². The summed E-state index contributed by atoms with van der Waals surface area (Å²) in [6.07, 6.45) is 0. The van der Waals surface area contributed by atoms with Crippen molar-refractivity contribution in [1.82, 2.24) is 4.90 Å². The molecule has 0 saturated heterocycles. The Morgan fingerprint density at radius 3 is 1.85 bits per heavy atom. The van der Waals surface area contributed by atoms with Crippen molar-refractivity contribution in [3.05, 3.63) is 107 Å². The standard InChI is InChI=1S/C23H17NO2S/c25-22-20(18-12-6-2-7-13-18)21(27-19-14-8-3-9-15-19)23(26)24(22)16-17-10-4-1-5-11-17/h1-15H,16H2. The molecule has 0 radical (unpaired) electrons. The summed E-state index contributed by atoms with van der Waals surface area (Å²) >= 11 is 1.35. The highest BCUT2D eigenvalue weighted by atomic mass is 32.2. The third-order valence-electron chi connectivity index (χ3n) is 4.33. The quantitative estimate of drug-likeness (QED) is 0.607. The second-order valence-corrected chi connectivity index (χ2v) is 7.25.